The number of nitrogens with two attached hydrogens (primary N) is 1. The highest BCUT2D eigenvalue weighted by molar-refractivity contribution is 5.92. The second-order valence-electron chi connectivity index (χ2n) is 3.75. The van der Waals surface area contributed by atoms with E-state index in [1.807, 2.05) is 0 Å². The van der Waals surface area contributed by atoms with Gasteiger partial charge in [0.05, 0.1) is 19.1 Å². The van der Waals surface area contributed by atoms with Crippen LogP contribution in [0.5, 0.6) is 0 Å². The maximum atomic E-state index is 11.8. The third-order valence-corrected chi connectivity index (χ3v) is 2.36. The fourth-order valence-electron chi connectivity index (χ4n) is 1.42. The molecule has 0 aliphatic carbocycles. The zero-order valence-electron chi connectivity index (χ0n) is 10.2. The summed E-state index contributed by atoms with van der Waals surface area (Å²) in [4.78, 5) is 15.9. The Balaban J connectivity index is 1.95. The van der Waals surface area contributed by atoms with Crippen LogP contribution in [-0.2, 0) is 6.54 Å². The maximum absolute atomic E-state index is 11.8. The Morgan fingerprint density at radius 3 is 2.95 bits per heavy atom. The summed E-state index contributed by atoms with van der Waals surface area (Å²) in [6.45, 7) is 0.707. The molecule has 2 aromatic heterocycles. The number of hydrogen-bond donors (Lipinski definition) is 2. The fraction of sp³-hybridized carbons (Fsp3) is 0.143. The monoisotopic (exact) mass is 255 g/mol. The lowest BCUT2D eigenvalue weighted by molar-refractivity contribution is 0.0946. The van der Waals surface area contributed by atoms with Crippen molar-refractivity contribution in [1.29, 1.82) is 0 Å². The molecule has 19 heavy (non-hydrogen) atoms. The van der Waals surface area contributed by atoms with Gasteiger partial charge in [0.25, 0.3) is 5.91 Å². The van der Waals surface area contributed by atoms with Crippen LogP contribution in [0.2, 0.25) is 0 Å². The van der Waals surface area contributed by atoms with Crippen LogP contribution < -0.4 is 11.1 Å². The predicted octanol–water partition coefficient (Wildman–Crippen LogP) is 0.915. The summed E-state index contributed by atoms with van der Waals surface area (Å²) in [6, 6.07) is 5.16. The number of carbonyl (C=O) groups excluding carboxylic acids is 1. The van der Waals surface area contributed by atoms with E-state index in [0.717, 1.165) is 11.1 Å². The van der Waals surface area contributed by atoms with E-state index in [9.17, 15) is 4.79 Å². The van der Waals surface area contributed by atoms with Crippen LogP contribution in [0, 0.1) is 11.8 Å². The van der Waals surface area contributed by atoms with Crippen molar-refractivity contribution in [2.24, 2.45) is 5.73 Å². The molecular weight excluding hydrogens is 242 g/mol. The second-order valence-corrected chi connectivity index (χ2v) is 3.75. The van der Waals surface area contributed by atoms with E-state index in [1.54, 1.807) is 36.9 Å². The molecule has 2 aromatic rings. The molecule has 0 aromatic carbocycles. The van der Waals surface area contributed by atoms with Gasteiger partial charge in [-0.3, -0.25) is 4.79 Å². The number of carbonyl (C=O) groups is 1. The van der Waals surface area contributed by atoms with E-state index in [0.29, 0.717) is 18.8 Å². The van der Waals surface area contributed by atoms with Gasteiger partial charge in [-0.05, 0) is 18.2 Å². The van der Waals surface area contributed by atoms with E-state index < -0.39 is 0 Å². The van der Waals surface area contributed by atoms with Crippen molar-refractivity contribution in [1.82, 2.24) is 10.3 Å². The van der Waals surface area contributed by atoms with E-state index >= 15 is 0 Å². The molecular formula is C14H13N3O2. The molecule has 0 radical (unpaired) electrons. The van der Waals surface area contributed by atoms with Crippen LogP contribution >= 0.6 is 0 Å². The molecule has 0 fully saturated rings. The van der Waals surface area contributed by atoms with Crippen molar-refractivity contribution in [2.45, 2.75) is 6.54 Å². The van der Waals surface area contributed by atoms with Crippen LogP contribution in [0.15, 0.2) is 41.3 Å². The number of furan rings is 1. The largest absolute Gasteiger partial charge is 0.472 e. The molecule has 2 heterocycles. The van der Waals surface area contributed by atoms with Gasteiger partial charge in [0.2, 0.25) is 0 Å². The molecule has 0 atom stereocenters. The van der Waals surface area contributed by atoms with Gasteiger partial charge in [-0.1, -0.05) is 11.8 Å². The van der Waals surface area contributed by atoms with Crippen molar-refractivity contribution < 1.29 is 9.21 Å². The van der Waals surface area contributed by atoms with Gasteiger partial charge in [-0.25, -0.2) is 4.98 Å². The van der Waals surface area contributed by atoms with Crippen LogP contribution in [-0.4, -0.2) is 17.4 Å². The van der Waals surface area contributed by atoms with E-state index in [2.05, 4.69) is 22.1 Å². The van der Waals surface area contributed by atoms with Crippen LogP contribution in [0.4, 0.5) is 0 Å². The highest BCUT2D eigenvalue weighted by Gasteiger charge is 2.06. The Hall–Kier alpha value is -2.58. The Morgan fingerprint density at radius 1 is 1.42 bits per heavy atom. The predicted molar refractivity (Wildman–Crippen MR) is 70.0 cm³/mol. The number of nitrogens with zero attached hydrogens (tertiary/aromatic N) is 1. The summed E-state index contributed by atoms with van der Waals surface area (Å²) < 4.78 is 4.91. The van der Waals surface area contributed by atoms with Gasteiger partial charge in [0.1, 0.15) is 5.69 Å². The number of amides is 1. The van der Waals surface area contributed by atoms with E-state index in [4.69, 9.17) is 10.2 Å². The molecule has 1 amide bonds. The summed E-state index contributed by atoms with van der Waals surface area (Å²) in [5.41, 5.74) is 7.26. The average molecular weight is 255 g/mol. The lowest BCUT2D eigenvalue weighted by Gasteiger charge is -2.02. The number of hydrogen-bond acceptors (Lipinski definition) is 4. The third kappa shape index (κ3) is 3.69. The minimum absolute atomic E-state index is 0.237. The van der Waals surface area contributed by atoms with Crippen molar-refractivity contribution in [3.05, 3.63) is 53.7 Å². The van der Waals surface area contributed by atoms with Gasteiger partial charge >= 0.3 is 0 Å². The van der Waals surface area contributed by atoms with Crippen molar-refractivity contribution in [3.63, 3.8) is 0 Å². The first kappa shape index (κ1) is 12.9. The molecule has 3 N–H and O–H groups in total. The molecule has 0 spiro atoms. The first-order chi connectivity index (χ1) is 9.29. The molecule has 0 aliphatic rings. The second kappa shape index (κ2) is 6.38. The van der Waals surface area contributed by atoms with Crippen LogP contribution in [0.1, 0.15) is 21.6 Å². The van der Waals surface area contributed by atoms with Crippen molar-refractivity contribution in [3.8, 4) is 11.8 Å². The highest BCUT2D eigenvalue weighted by atomic mass is 16.3. The van der Waals surface area contributed by atoms with Gasteiger partial charge in [-0.2, -0.15) is 0 Å². The standard InChI is InChI=1S/C14H13N3O2/c15-6-1-2-11-3-4-13(16-8-11)14(18)17-9-12-5-7-19-10-12/h3-5,7-8,10H,6,9,15H2,(H,17,18). The molecule has 96 valence electrons. The van der Waals surface area contributed by atoms with Crippen LogP contribution in [0.25, 0.3) is 0 Å². The van der Waals surface area contributed by atoms with Crippen molar-refractivity contribution >= 4 is 5.91 Å². The Bertz CT molecular complexity index is 592. The van der Waals surface area contributed by atoms with Crippen molar-refractivity contribution in [2.75, 3.05) is 6.54 Å². The summed E-state index contributed by atoms with van der Waals surface area (Å²) in [7, 11) is 0. The SMILES string of the molecule is NCC#Cc1ccc(C(=O)NCc2ccoc2)nc1. The molecule has 0 saturated heterocycles. The Morgan fingerprint density at radius 2 is 2.32 bits per heavy atom. The molecule has 0 aliphatic heterocycles. The molecule has 5 heteroatoms. The summed E-state index contributed by atoms with van der Waals surface area (Å²) in [5.74, 6) is 5.33. The zero-order valence-corrected chi connectivity index (χ0v) is 10.2. The number of nitrogens with one attached hydrogen (secondary N) is 1. The van der Waals surface area contributed by atoms with E-state index in [1.165, 1.54) is 0 Å². The average Bonchev–Trinajstić information content (AvgIpc) is 2.96. The lowest BCUT2D eigenvalue weighted by Crippen LogP contribution is -2.23. The Labute approximate surface area is 110 Å². The maximum Gasteiger partial charge on any atom is 0.270 e. The summed E-state index contributed by atoms with van der Waals surface area (Å²) in [6.07, 6.45) is 4.69. The minimum atomic E-state index is -0.237. The third-order valence-electron chi connectivity index (χ3n) is 2.36. The summed E-state index contributed by atoms with van der Waals surface area (Å²) >= 11 is 0. The van der Waals surface area contributed by atoms with Gasteiger partial charge in [0, 0.05) is 23.9 Å². The van der Waals surface area contributed by atoms with Gasteiger partial charge < -0.3 is 15.5 Å². The first-order valence-corrected chi connectivity index (χ1v) is 5.74. The topological polar surface area (TPSA) is 81.2 Å². The Kier molecular flexibility index (Phi) is 4.32. The molecule has 0 unspecified atom stereocenters. The summed E-state index contributed by atoms with van der Waals surface area (Å²) in [5, 5.41) is 2.75. The normalized spacial score (nSPS) is 9.53. The van der Waals surface area contributed by atoms with Gasteiger partial charge in [0.15, 0.2) is 0 Å². The molecule has 0 saturated carbocycles. The van der Waals surface area contributed by atoms with Crippen LogP contribution in [0.3, 0.4) is 0 Å². The smallest absolute Gasteiger partial charge is 0.270 e. The lowest BCUT2D eigenvalue weighted by atomic mass is 10.2. The quantitative estimate of drug-likeness (QED) is 0.799. The number of pyridine rings is 1. The number of aromatic nitrogens is 1. The first-order valence-electron chi connectivity index (χ1n) is 5.74. The minimum Gasteiger partial charge on any atom is -0.472 e. The molecule has 5 nitrogen and oxygen atoms in total. The zero-order chi connectivity index (χ0) is 13.5. The molecule has 0 bridgehead atoms. The number of rotatable bonds is 3. The van der Waals surface area contributed by atoms with E-state index in [-0.39, 0.29) is 5.91 Å². The van der Waals surface area contributed by atoms with Gasteiger partial charge in [-0.15, -0.1) is 0 Å². The highest BCUT2D eigenvalue weighted by Crippen LogP contribution is 2.01. The molecule has 2 rings (SSSR count). The fourth-order valence-corrected chi connectivity index (χ4v) is 1.42.